The van der Waals surface area contributed by atoms with Crippen LogP contribution in [-0.2, 0) is 4.74 Å². The van der Waals surface area contributed by atoms with Gasteiger partial charge in [-0.15, -0.1) is 0 Å². The highest BCUT2D eigenvalue weighted by Gasteiger charge is 2.61. The molecule has 2 fully saturated rings. The Morgan fingerprint density at radius 2 is 1.84 bits per heavy atom. The third-order valence-electron chi connectivity index (χ3n) is 7.89. The van der Waals surface area contributed by atoms with E-state index in [4.69, 9.17) is 14.5 Å². The van der Waals surface area contributed by atoms with Crippen molar-refractivity contribution in [2.24, 2.45) is 11.8 Å². The van der Waals surface area contributed by atoms with E-state index in [1.165, 1.54) is 6.07 Å². The molecule has 2 aliphatic heterocycles. The van der Waals surface area contributed by atoms with Gasteiger partial charge in [0.15, 0.2) is 0 Å². The molecular formula is C27H24F3N5O2. The van der Waals surface area contributed by atoms with Crippen LogP contribution in [0, 0.1) is 17.7 Å². The van der Waals surface area contributed by atoms with E-state index in [9.17, 15) is 8.78 Å². The first kappa shape index (κ1) is 22.5. The molecule has 4 aromatic rings. The van der Waals surface area contributed by atoms with E-state index >= 15 is 4.39 Å². The first-order valence-corrected chi connectivity index (χ1v) is 12.4. The van der Waals surface area contributed by atoms with Crippen molar-refractivity contribution in [2.75, 3.05) is 31.2 Å². The molecule has 0 radical (unpaired) electrons. The maximum Gasteiger partial charge on any atom is 0.387 e. The van der Waals surface area contributed by atoms with Crippen LogP contribution in [0.15, 0.2) is 48.8 Å². The third kappa shape index (κ3) is 3.57. The van der Waals surface area contributed by atoms with Gasteiger partial charge in [0.2, 0.25) is 5.95 Å². The number of para-hydroxylation sites is 1. The molecule has 3 aliphatic rings. The van der Waals surface area contributed by atoms with Crippen LogP contribution in [0.3, 0.4) is 0 Å². The molecule has 4 heterocycles. The molecule has 37 heavy (non-hydrogen) atoms. The van der Waals surface area contributed by atoms with Gasteiger partial charge in [-0.3, -0.25) is 0 Å². The van der Waals surface area contributed by atoms with Gasteiger partial charge in [-0.1, -0.05) is 25.1 Å². The van der Waals surface area contributed by atoms with Gasteiger partial charge in [0, 0.05) is 54.2 Å². The lowest BCUT2D eigenvalue weighted by Gasteiger charge is -2.26. The van der Waals surface area contributed by atoms with Crippen LogP contribution in [0.25, 0.3) is 22.2 Å². The van der Waals surface area contributed by atoms with E-state index in [1.54, 1.807) is 30.6 Å². The average molecular weight is 508 g/mol. The van der Waals surface area contributed by atoms with Crippen LogP contribution in [0.4, 0.5) is 19.1 Å². The molecule has 1 saturated carbocycles. The van der Waals surface area contributed by atoms with Crippen LogP contribution in [0.1, 0.15) is 30.3 Å². The number of fused-ring (bicyclic) bond motifs is 5. The summed E-state index contributed by atoms with van der Waals surface area (Å²) in [4.78, 5) is 15.8. The minimum atomic E-state index is -2.92. The number of alkyl halides is 2. The monoisotopic (exact) mass is 507 g/mol. The van der Waals surface area contributed by atoms with Crippen LogP contribution in [0.5, 0.6) is 5.75 Å². The number of rotatable bonds is 5. The number of benzene rings is 2. The van der Waals surface area contributed by atoms with E-state index in [2.05, 4.69) is 21.5 Å². The van der Waals surface area contributed by atoms with E-state index in [0.29, 0.717) is 60.4 Å². The molecule has 7 rings (SSSR count). The Kier molecular flexibility index (Phi) is 5.14. The number of ether oxygens (including phenoxy) is 2. The van der Waals surface area contributed by atoms with Crippen molar-refractivity contribution in [3.63, 3.8) is 0 Å². The zero-order chi connectivity index (χ0) is 25.3. The van der Waals surface area contributed by atoms with Crippen molar-refractivity contribution in [1.29, 1.82) is 0 Å². The molecule has 1 aliphatic carbocycles. The second kappa shape index (κ2) is 8.44. The van der Waals surface area contributed by atoms with Gasteiger partial charge in [-0.2, -0.15) is 8.78 Å². The van der Waals surface area contributed by atoms with Gasteiger partial charge in [0.1, 0.15) is 17.4 Å². The summed E-state index contributed by atoms with van der Waals surface area (Å²) in [5.74, 6) is 1.95. The summed E-state index contributed by atoms with van der Waals surface area (Å²) in [5, 5.41) is 0. The summed E-state index contributed by atoms with van der Waals surface area (Å²) in [6.45, 7) is 1.88. The minimum Gasteiger partial charge on any atom is -0.434 e. The van der Waals surface area contributed by atoms with Gasteiger partial charge in [0.05, 0.1) is 30.3 Å². The number of halogens is 3. The molecule has 0 amide bonds. The Labute approximate surface area is 210 Å². The number of hydrogen-bond donors (Lipinski definition) is 0. The number of hydrogen-bond acceptors (Lipinski definition) is 6. The van der Waals surface area contributed by atoms with Gasteiger partial charge in [-0.05, 0) is 24.0 Å². The molecule has 10 heteroatoms. The lowest BCUT2D eigenvalue weighted by Crippen LogP contribution is -2.37. The standard InChI is InChI=1S/C27H24F3N5O2/c1-14-22-23(14)25-33-19-11-18(28)17(15-12-31-27(32-13-15)34-6-8-36-9-7-34)10-20(19)35(25)24(22)16-4-2-3-5-21(16)37-26(29)30/h2-5,10-14,22-24,26H,6-9H2,1H3/t14-,22?,23?,24+/m0/s1. The van der Waals surface area contributed by atoms with Crippen molar-refractivity contribution in [3.05, 3.63) is 66.0 Å². The Balaban J connectivity index is 1.32. The van der Waals surface area contributed by atoms with Gasteiger partial charge in [-0.25, -0.2) is 19.3 Å². The van der Waals surface area contributed by atoms with Gasteiger partial charge in [0.25, 0.3) is 0 Å². The van der Waals surface area contributed by atoms with Crippen LogP contribution >= 0.6 is 0 Å². The van der Waals surface area contributed by atoms with Crippen molar-refractivity contribution in [2.45, 2.75) is 25.5 Å². The topological polar surface area (TPSA) is 65.3 Å². The summed E-state index contributed by atoms with van der Waals surface area (Å²) in [6, 6.07) is 9.89. The van der Waals surface area contributed by atoms with Crippen molar-refractivity contribution < 1.29 is 22.6 Å². The molecule has 1 saturated heterocycles. The summed E-state index contributed by atoms with van der Waals surface area (Å²) < 4.78 is 54.0. The van der Waals surface area contributed by atoms with Crippen molar-refractivity contribution in [3.8, 4) is 16.9 Å². The summed E-state index contributed by atoms with van der Waals surface area (Å²) in [7, 11) is 0. The van der Waals surface area contributed by atoms with E-state index in [1.807, 2.05) is 17.0 Å². The highest BCUT2D eigenvalue weighted by molar-refractivity contribution is 5.84. The minimum absolute atomic E-state index is 0.157. The fourth-order valence-corrected chi connectivity index (χ4v) is 6.10. The maximum absolute atomic E-state index is 15.3. The predicted octanol–water partition coefficient (Wildman–Crippen LogP) is 5.02. The summed E-state index contributed by atoms with van der Waals surface area (Å²) in [6.07, 6.45) is 3.26. The maximum atomic E-state index is 15.3. The largest absolute Gasteiger partial charge is 0.434 e. The highest BCUT2D eigenvalue weighted by atomic mass is 19.3. The molecule has 0 N–H and O–H groups in total. The molecule has 2 aromatic carbocycles. The van der Waals surface area contributed by atoms with Crippen LogP contribution in [0.2, 0.25) is 0 Å². The van der Waals surface area contributed by atoms with Gasteiger partial charge < -0.3 is 18.9 Å². The van der Waals surface area contributed by atoms with E-state index < -0.39 is 12.4 Å². The van der Waals surface area contributed by atoms with E-state index in [0.717, 1.165) is 11.3 Å². The van der Waals surface area contributed by atoms with E-state index in [-0.39, 0.29) is 23.6 Å². The number of morpholine rings is 1. The number of aromatic nitrogens is 4. The van der Waals surface area contributed by atoms with Crippen LogP contribution in [-0.4, -0.2) is 52.4 Å². The predicted molar refractivity (Wildman–Crippen MR) is 130 cm³/mol. The molecule has 0 spiro atoms. The molecule has 190 valence electrons. The Hall–Kier alpha value is -3.66. The molecule has 0 bridgehead atoms. The SMILES string of the molecule is C[C@@H]1C2c3nc4cc(F)c(-c5cnc(N6CCOCC6)nc5)cc4n3[C@H](c3ccccc3OC(F)F)C21. The average Bonchev–Trinajstić information content (AvgIpc) is 3.24. The zero-order valence-electron chi connectivity index (χ0n) is 20.0. The molecule has 2 unspecified atom stereocenters. The second-order valence-electron chi connectivity index (χ2n) is 9.86. The molecule has 7 nitrogen and oxygen atoms in total. The first-order chi connectivity index (χ1) is 18.0. The fraction of sp³-hybridized carbons (Fsp3) is 0.370. The first-order valence-electron chi connectivity index (χ1n) is 12.4. The Morgan fingerprint density at radius 3 is 2.59 bits per heavy atom. The smallest absolute Gasteiger partial charge is 0.387 e. The quantitative estimate of drug-likeness (QED) is 0.378. The number of nitrogens with zero attached hydrogens (tertiary/aromatic N) is 5. The molecule has 2 aromatic heterocycles. The second-order valence-corrected chi connectivity index (χ2v) is 9.86. The Morgan fingerprint density at radius 1 is 1.08 bits per heavy atom. The molecule has 4 atom stereocenters. The Bertz CT molecular complexity index is 1490. The number of imidazole rings is 1. The normalized spacial score (nSPS) is 24.4. The zero-order valence-corrected chi connectivity index (χ0v) is 20.0. The van der Waals surface area contributed by atoms with Crippen molar-refractivity contribution in [1.82, 2.24) is 19.5 Å². The lowest BCUT2D eigenvalue weighted by molar-refractivity contribution is -0.0507. The lowest BCUT2D eigenvalue weighted by atomic mass is 9.99. The van der Waals surface area contributed by atoms with Crippen LogP contribution < -0.4 is 9.64 Å². The summed E-state index contributed by atoms with van der Waals surface area (Å²) >= 11 is 0. The molecular weight excluding hydrogens is 483 g/mol. The third-order valence-corrected chi connectivity index (χ3v) is 7.89. The summed E-state index contributed by atoms with van der Waals surface area (Å²) in [5.41, 5.74) is 2.90. The van der Waals surface area contributed by atoms with Crippen molar-refractivity contribution >= 4 is 17.0 Å². The van der Waals surface area contributed by atoms with Gasteiger partial charge >= 0.3 is 6.61 Å². The fourth-order valence-electron chi connectivity index (χ4n) is 6.10. The number of anilines is 1. The highest BCUT2D eigenvalue weighted by Crippen LogP contribution is 2.66.